The fraction of sp³-hybridized carbons (Fsp3) is 0.400. The first kappa shape index (κ1) is 15.0. The number of hydrogen-bond donors (Lipinski definition) is 2. The Morgan fingerprint density at radius 3 is 3.00 bits per heavy atom. The highest BCUT2D eigenvalue weighted by Gasteiger charge is 2.27. The Kier molecular flexibility index (Phi) is 4.90. The van der Waals surface area contributed by atoms with Crippen molar-refractivity contribution in [1.82, 2.24) is 9.88 Å². The maximum Gasteiger partial charge on any atom is 0.255 e. The third-order valence-electron chi connectivity index (χ3n) is 3.41. The number of pyridine rings is 1. The average molecular weight is 287 g/mol. The summed E-state index contributed by atoms with van der Waals surface area (Å²) in [4.78, 5) is 29.3. The molecule has 6 nitrogen and oxygen atoms in total. The number of likely N-dealkylation sites (tertiary alicyclic amines) is 1. The maximum absolute atomic E-state index is 12.4. The van der Waals surface area contributed by atoms with Gasteiger partial charge in [0.1, 0.15) is 6.61 Å². The van der Waals surface area contributed by atoms with E-state index >= 15 is 0 Å². The van der Waals surface area contributed by atoms with Crippen molar-refractivity contribution in [3.63, 3.8) is 0 Å². The lowest BCUT2D eigenvalue weighted by Gasteiger charge is -2.31. The van der Waals surface area contributed by atoms with Crippen LogP contribution < -0.4 is 5.73 Å². The quantitative estimate of drug-likeness (QED) is 0.734. The van der Waals surface area contributed by atoms with Crippen LogP contribution in [0, 0.1) is 17.8 Å². The van der Waals surface area contributed by atoms with Gasteiger partial charge in [-0.05, 0) is 18.9 Å². The first-order valence-corrected chi connectivity index (χ1v) is 6.75. The predicted octanol–water partition coefficient (Wildman–Crippen LogP) is -0.237. The van der Waals surface area contributed by atoms with Gasteiger partial charge in [0.05, 0.1) is 11.5 Å². The lowest BCUT2D eigenvalue weighted by Crippen LogP contribution is -2.44. The number of aliphatic hydroxyl groups is 1. The summed E-state index contributed by atoms with van der Waals surface area (Å²) in [6.07, 6.45) is 4.48. The number of rotatable bonds is 2. The molecule has 1 fully saturated rings. The largest absolute Gasteiger partial charge is 0.384 e. The van der Waals surface area contributed by atoms with Crippen LogP contribution in [0.2, 0.25) is 0 Å². The fourth-order valence-electron chi connectivity index (χ4n) is 2.34. The summed E-state index contributed by atoms with van der Waals surface area (Å²) < 4.78 is 0. The summed E-state index contributed by atoms with van der Waals surface area (Å²) >= 11 is 0. The molecular weight excluding hydrogens is 270 g/mol. The van der Waals surface area contributed by atoms with E-state index in [-0.39, 0.29) is 24.3 Å². The number of piperidine rings is 1. The molecule has 0 spiro atoms. The molecule has 0 radical (unpaired) electrons. The van der Waals surface area contributed by atoms with Crippen LogP contribution in [0.25, 0.3) is 0 Å². The van der Waals surface area contributed by atoms with E-state index in [1.54, 1.807) is 11.0 Å². The Morgan fingerprint density at radius 2 is 2.29 bits per heavy atom. The van der Waals surface area contributed by atoms with Gasteiger partial charge in [0.2, 0.25) is 5.91 Å². The number of nitrogens with two attached hydrogens (primary N) is 1. The Morgan fingerprint density at radius 1 is 1.48 bits per heavy atom. The van der Waals surface area contributed by atoms with Crippen molar-refractivity contribution in [1.29, 1.82) is 0 Å². The van der Waals surface area contributed by atoms with Crippen LogP contribution >= 0.6 is 0 Å². The highest BCUT2D eigenvalue weighted by atomic mass is 16.2. The van der Waals surface area contributed by atoms with Crippen molar-refractivity contribution in [2.45, 2.75) is 12.8 Å². The predicted molar refractivity (Wildman–Crippen MR) is 76.0 cm³/mol. The second kappa shape index (κ2) is 6.86. The molecule has 1 saturated heterocycles. The average Bonchev–Trinajstić information content (AvgIpc) is 2.52. The molecule has 2 rings (SSSR count). The molecule has 1 aliphatic heterocycles. The van der Waals surface area contributed by atoms with Gasteiger partial charge in [0, 0.05) is 31.0 Å². The second-order valence-electron chi connectivity index (χ2n) is 4.91. The van der Waals surface area contributed by atoms with Gasteiger partial charge in [-0.3, -0.25) is 14.6 Å². The smallest absolute Gasteiger partial charge is 0.255 e. The van der Waals surface area contributed by atoms with Gasteiger partial charge in [0.25, 0.3) is 5.91 Å². The molecule has 0 saturated carbocycles. The standard InChI is InChI=1S/C15H17N3O3/c16-14(20)12-4-1-5-18(10-12)15(21)13-7-11(3-2-6-19)8-17-9-13/h7-9,12,19H,1,4-6,10H2,(H2,16,20). The number of carbonyl (C=O) groups is 2. The lowest BCUT2D eigenvalue weighted by atomic mass is 9.97. The van der Waals surface area contributed by atoms with Crippen molar-refractivity contribution < 1.29 is 14.7 Å². The molecule has 3 N–H and O–H groups in total. The van der Waals surface area contributed by atoms with Crippen molar-refractivity contribution in [3.05, 3.63) is 29.6 Å². The zero-order valence-electron chi connectivity index (χ0n) is 11.6. The van der Waals surface area contributed by atoms with E-state index in [2.05, 4.69) is 16.8 Å². The van der Waals surface area contributed by atoms with E-state index in [1.165, 1.54) is 12.4 Å². The van der Waals surface area contributed by atoms with E-state index in [0.717, 1.165) is 12.8 Å². The van der Waals surface area contributed by atoms with Crippen molar-refractivity contribution in [2.24, 2.45) is 11.7 Å². The van der Waals surface area contributed by atoms with Crippen LogP contribution in [0.3, 0.4) is 0 Å². The summed E-state index contributed by atoms with van der Waals surface area (Å²) in [5.74, 6) is 4.39. The number of aromatic nitrogens is 1. The molecule has 1 aromatic rings. The summed E-state index contributed by atoms with van der Waals surface area (Å²) in [5, 5.41) is 8.68. The first-order chi connectivity index (χ1) is 10.1. The lowest BCUT2D eigenvalue weighted by molar-refractivity contribution is -0.123. The molecule has 2 heterocycles. The van der Waals surface area contributed by atoms with Gasteiger partial charge < -0.3 is 15.7 Å². The second-order valence-corrected chi connectivity index (χ2v) is 4.91. The Labute approximate surface area is 123 Å². The highest BCUT2D eigenvalue weighted by molar-refractivity contribution is 5.94. The molecule has 1 aliphatic rings. The van der Waals surface area contributed by atoms with E-state index in [9.17, 15) is 9.59 Å². The minimum absolute atomic E-state index is 0.180. The van der Waals surface area contributed by atoms with Crippen LogP contribution in [0.15, 0.2) is 18.5 Å². The topological polar surface area (TPSA) is 96.5 Å². The Balaban J connectivity index is 2.14. The summed E-state index contributed by atoms with van der Waals surface area (Å²) in [7, 11) is 0. The zero-order valence-corrected chi connectivity index (χ0v) is 11.6. The third kappa shape index (κ3) is 3.80. The minimum Gasteiger partial charge on any atom is -0.384 e. The molecule has 0 aliphatic carbocycles. The fourth-order valence-corrected chi connectivity index (χ4v) is 2.34. The van der Waals surface area contributed by atoms with Crippen LogP contribution in [-0.2, 0) is 4.79 Å². The van der Waals surface area contributed by atoms with E-state index < -0.39 is 0 Å². The van der Waals surface area contributed by atoms with Crippen molar-refractivity contribution in [2.75, 3.05) is 19.7 Å². The summed E-state index contributed by atoms with van der Waals surface area (Å²) in [6, 6.07) is 1.63. The van der Waals surface area contributed by atoms with Gasteiger partial charge in [-0.25, -0.2) is 0 Å². The maximum atomic E-state index is 12.4. The SMILES string of the molecule is NC(=O)C1CCCN(C(=O)c2cncc(C#CCO)c2)C1. The zero-order chi connectivity index (χ0) is 15.2. The van der Waals surface area contributed by atoms with Gasteiger partial charge in [0.15, 0.2) is 0 Å². The summed E-state index contributed by atoms with van der Waals surface area (Å²) in [6.45, 7) is 0.709. The van der Waals surface area contributed by atoms with Crippen LogP contribution in [0.4, 0.5) is 0 Å². The Hall–Kier alpha value is -2.39. The van der Waals surface area contributed by atoms with Crippen molar-refractivity contribution in [3.8, 4) is 11.8 Å². The van der Waals surface area contributed by atoms with Gasteiger partial charge >= 0.3 is 0 Å². The third-order valence-corrected chi connectivity index (χ3v) is 3.41. The number of amides is 2. The van der Waals surface area contributed by atoms with E-state index in [1.807, 2.05) is 0 Å². The normalized spacial score (nSPS) is 17.8. The first-order valence-electron chi connectivity index (χ1n) is 6.75. The van der Waals surface area contributed by atoms with Crippen LogP contribution in [0.5, 0.6) is 0 Å². The summed E-state index contributed by atoms with van der Waals surface area (Å²) in [5.41, 5.74) is 6.31. The molecule has 1 atom stereocenters. The molecule has 0 bridgehead atoms. The van der Waals surface area contributed by atoms with Crippen LogP contribution in [-0.4, -0.2) is 46.5 Å². The number of carbonyl (C=O) groups excluding carboxylic acids is 2. The van der Waals surface area contributed by atoms with Gasteiger partial charge in [-0.2, -0.15) is 0 Å². The highest BCUT2D eigenvalue weighted by Crippen LogP contribution is 2.18. The molecule has 1 aromatic heterocycles. The van der Waals surface area contributed by atoms with Crippen molar-refractivity contribution >= 4 is 11.8 Å². The molecule has 21 heavy (non-hydrogen) atoms. The molecule has 2 amide bonds. The molecule has 110 valence electrons. The molecule has 1 unspecified atom stereocenters. The molecular formula is C15H17N3O3. The molecule has 0 aromatic carbocycles. The van der Waals surface area contributed by atoms with Crippen LogP contribution in [0.1, 0.15) is 28.8 Å². The monoisotopic (exact) mass is 287 g/mol. The minimum atomic E-state index is -0.367. The van der Waals surface area contributed by atoms with Gasteiger partial charge in [-0.1, -0.05) is 11.8 Å². The number of nitrogens with zero attached hydrogens (tertiary/aromatic N) is 2. The number of hydrogen-bond acceptors (Lipinski definition) is 4. The van der Waals surface area contributed by atoms with E-state index in [4.69, 9.17) is 10.8 Å². The molecule has 6 heteroatoms. The Bertz CT molecular complexity index is 604. The van der Waals surface area contributed by atoms with E-state index in [0.29, 0.717) is 24.2 Å². The van der Waals surface area contributed by atoms with Gasteiger partial charge in [-0.15, -0.1) is 0 Å². The number of primary amides is 1. The number of aliphatic hydroxyl groups excluding tert-OH is 1.